The van der Waals surface area contributed by atoms with Crippen molar-refractivity contribution in [2.45, 2.75) is 6.92 Å². The van der Waals surface area contributed by atoms with Gasteiger partial charge in [0.25, 0.3) is 5.56 Å². The Morgan fingerprint density at radius 3 is 2.56 bits per heavy atom. The molecule has 0 aliphatic carbocycles. The second-order valence-electron chi connectivity index (χ2n) is 8.61. The quantitative estimate of drug-likeness (QED) is 0.418. The second-order valence-corrected chi connectivity index (χ2v) is 9.01. The van der Waals surface area contributed by atoms with Crippen molar-refractivity contribution in [2.75, 3.05) is 50.1 Å². The van der Waals surface area contributed by atoms with Gasteiger partial charge in [-0.1, -0.05) is 17.7 Å². The fourth-order valence-electron chi connectivity index (χ4n) is 4.26. The molecule has 1 fully saturated rings. The summed E-state index contributed by atoms with van der Waals surface area (Å²) in [6.07, 6.45) is 1.57. The van der Waals surface area contributed by atoms with E-state index in [0.717, 1.165) is 42.3 Å². The van der Waals surface area contributed by atoms with E-state index in [1.807, 2.05) is 12.1 Å². The van der Waals surface area contributed by atoms with E-state index in [1.54, 1.807) is 13.1 Å². The Balaban J connectivity index is 1.47. The van der Waals surface area contributed by atoms with E-state index < -0.39 is 11.4 Å². The Labute approximate surface area is 212 Å². The lowest BCUT2D eigenvalue weighted by Crippen LogP contribution is -2.44. The standard InChI is InChI=1S/C26H26ClFN6O2/c1-3-36-34-24-17(15-20(25(34)35)23-21(27)5-4-6-22(23)28)16-29-26(31-24)30-18-7-9-19(10-8-18)33-13-11-32(2)12-14-33/h4-10,15-16H,3,11-14H2,1-2H3,(H,29,30,31). The number of fused-ring (bicyclic) bond motifs is 1. The monoisotopic (exact) mass is 508 g/mol. The lowest BCUT2D eigenvalue weighted by molar-refractivity contribution is 0.123. The molecular formula is C26H26ClFN6O2. The van der Waals surface area contributed by atoms with Gasteiger partial charge in [-0.3, -0.25) is 4.79 Å². The first-order chi connectivity index (χ1) is 17.4. The van der Waals surface area contributed by atoms with Gasteiger partial charge in [-0.2, -0.15) is 4.98 Å². The fraction of sp³-hybridized carbons (Fsp3) is 0.269. The number of benzene rings is 2. The third-order valence-corrected chi connectivity index (χ3v) is 6.50. The predicted octanol–water partition coefficient (Wildman–Crippen LogP) is 4.19. The number of likely N-dealkylation sites (N-methyl/N-ethyl adjacent to an activating group) is 1. The van der Waals surface area contributed by atoms with E-state index in [9.17, 15) is 9.18 Å². The smallest absolute Gasteiger partial charge is 0.293 e. The molecule has 8 nitrogen and oxygen atoms in total. The first-order valence-corrected chi connectivity index (χ1v) is 12.1. The largest absolute Gasteiger partial charge is 0.409 e. The molecule has 0 bridgehead atoms. The van der Waals surface area contributed by atoms with E-state index in [4.69, 9.17) is 16.4 Å². The predicted molar refractivity (Wildman–Crippen MR) is 141 cm³/mol. The van der Waals surface area contributed by atoms with Crippen molar-refractivity contribution in [3.63, 3.8) is 0 Å². The third-order valence-electron chi connectivity index (χ3n) is 6.19. The number of anilines is 3. The fourth-order valence-corrected chi connectivity index (χ4v) is 4.53. The Morgan fingerprint density at radius 2 is 1.86 bits per heavy atom. The number of nitrogens with zero attached hydrogens (tertiary/aromatic N) is 5. The first-order valence-electron chi connectivity index (χ1n) is 11.8. The topological polar surface area (TPSA) is 75.5 Å². The number of aromatic nitrogens is 3. The van der Waals surface area contributed by atoms with Gasteiger partial charge in [0.05, 0.1) is 10.6 Å². The highest BCUT2D eigenvalue weighted by Gasteiger charge is 2.19. The molecule has 1 aliphatic heterocycles. The number of pyridine rings is 1. The van der Waals surface area contributed by atoms with Crippen LogP contribution < -0.4 is 20.6 Å². The number of piperazine rings is 1. The Morgan fingerprint density at radius 1 is 1.11 bits per heavy atom. The summed E-state index contributed by atoms with van der Waals surface area (Å²) in [6.45, 7) is 6.03. The molecule has 0 unspecified atom stereocenters. The Hall–Kier alpha value is -3.69. The van der Waals surface area contributed by atoms with Gasteiger partial charge in [0.1, 0.15) is 12.4 Å². The average Bonchev–Trinajstić information content (AvgIpc) is 2.87. The van der Waals surface area contributed by atoms with Crippen molar-refractivity contribution in [3.05, 3.63) is 75.9 Å². The molecule has 186 valence electrons. The average molecular weight is 509 g/mol. The van der Waals surface area contributed by atoms with Crippen molar-refractivity contribution >= 4 is 40.0 Å². The van der Waals surface area contributed by atoms with Crippen LogP contribution in [0.5, 0.6) is 0 Å². The molecule has 1 N–H and O–H groups in total. The molecular weight excluding hydrogens is 483 g/mol. The molecule has 0 amide bonds. The first kappa shape index (κ1) is 24.0. The minimum Gasteiger partial charge on any atom is -0.409 e. The maximum Gasteiger partial charge on any atom is 0.293 e. The van der Waals surface area contributed by atoms with Gasteiger partial charge < -0.3 is 20.0 Å². The van der Waals surface area contributed by atoms with Crippen LogP contribution >= 0.6 is 11.6 Å². The highest BCUT2D eigenvalue weighted by Crippen LogP contribution is 2.30. The van der Waals surface area contributed by atoms with Crippen molar-refractivity contribution < 1.29 is 9.23 Å². The molecule has 10 heteroatoms. The molecule has 0 radical (unpaired) electrons. The van der Waals surface area contributed by atoms with Gasteiger partial charge in [-0.05, 0) is 56.4 Å². The maximum absolute atomic E-state index is 14.6. The third kappa shape index (κ3) is 4.72. The van der Waals surface area contributed by atoms with Crippen LogP contribution in [0.1, 0.15) is 6.92 Å². The number of nitrogens with one attached hydrogen (secondary N) is 1. The van der Waals surface area contributed by atoms with E-state index >= 15 is 0 Å². The van der Waals surface area contributed by atoms with Crippen molar-refractivity contribution in [1.29, 1.82) is 0 Å². The molecule has 5 rings (SSSR count). The van der Waals surface area contributed by atoms with E-state index in [-0.39, 0.29) is 28.4 Å². The number of rotatable bonds is 6. The summed E-state index contributed by atoms with van der Waals surface area (Å²) in [5.74, 6) is -0.291. The summed E-state index contributed by atoms with van der Waals surface area (Å²) in [5.41, 5.74) is 1.78. The summed E-state index contributed by atoms with van der Waals surface area (Å²) in [4.78, 5) is 32.5. The number of hydrogen-bond donors (Lipinski definition) is 1. The molecule has 3 heterocycles. The van der Waals surface area contributed by atoms with Crippen LogP contribution in [-0.4, -0.2) is 59.4 Å². The van der Waals surface area contributed by atoms with Gasteiger partial charge in [-0.15, -0.1) is 4.73 Å². The zero-order valence-corrected chi connectivity index (χ0v) is 20.8. The molecule has 0 atom stereocenters. The zero-order chi connectivity index (χ0) is 25.2. The lowest BCUT2D eigenvalue weighted by atomic mass is 10.1. The summed E-state index contributed by atoms with van der Waals surface area (Å²) in [6, 6.07) is 13.9. The molecule has 1 aliphatic rings. The van der Waals surface area contributed by atoms with Gasteiger partial charge in [0.2, 0.25) is 5.95 Å². The lowest BCUT2D eigenvalue weighted by Gasteiger charge is -2.34. The van der Waals surface area contributed by atoms with E-state index in [1.165, 1.54) is 24.3 Å². The highest BCUT2D eigenvalue weighted by atomic mass is 35.5. The van der Waals surface area contributed by atoms with Crippen molar-refractivity contribution in [3.8, 4) is 11.1 Å². The second kappa shape index (κ2) is 10.1. The normalized spacial score (nSPS) is 14.3. The van der Waals surface area contributed by atoms with Crippen LogP contribution in [0, 0.1) is 5.82 Å². The van der Waals surface area contributed by atoms with Crippen LogP contribution in [0.2, 0.25) is 5.02 Å². The van der Waals surface area contributed by atoms with E-state index in [2.05, 4.69) is 44.3 Å². The maximum atomic E-state index is 14.6. The van der Waals surface area contributed by atoms with Crippen LogP contribution in [-0.2, 0) is 0 Å². The van der Waals surface area contributed by atoms with Gasteiger partial charge in [-0.25, -0.2) is 9.37 Å². The Kier molecular flexibility index (Phi) is 6.75. The molecule has 36 heavy (non-hydrogen) atoms. The molecule has 2 aromatic carbocycles. The molecule has 2 aromatic heterocycles. The minimum absolute atomic E-state index is 0.0159. The summed E-state index contributed by atoms with van der Waals surface area (Å²) in [7, 11) is 2.13. The Bertz CT molecular complexity index is 1430. The number of halogens is 2. The minimum atomic E-state index is -0.596. The van der Waals surface area contributed by atoms with Crippen molar-refractivity contribution in [2.24, 2.45) is 0 Å². The van der Waals surface area contributed by atoms with Crippen molar-refractivity contribution in [1.82, 2.24) is 19.6 Å². The molecule has 0 saturated carbocycles. The van der Waals surface area contributed by atoms with Crippen LogP contribution in [0.3, 0.4) is 0 Å². The molecule has 0 spiro atoms. The summed E-state index contributed by atoms with van der Waals surface area (Å²) < 4.78 is 15.7. The van der Waals surface area contributed by atoms with Gasteiger partial charge in [0.15, 0.2) is 5.65 Å². The van der Waals surface area contributed by atoms with Gasteiger partial charge in [0, 0.05) is 54.7 Å². The molecule has 1 saturated heterocycles. The van der Waals surface area contributed by atoms with Crippen LogP contribution in [0.25, 0.3) is 22.2 Å². The highest BCUT2D eigenvalue weighted by molar-refractivity contribution is 6.33. The summed E-state index contributed by atoms with van der Waals surface area (Å²) in [5, 5.41) is 3.83. The zero-order valence-electron chi connectivity index (χ0n) is 20.0. The van der Waals surface area contributed by atoms with Gasteiger partial charge >= 0.3 is 0 Å². The number of hydrogen-bond acceptors (Lipinski definition) is 7. The summed E-state index contributed by atoms with van der Waals surface area (Å²) >= 11 is 6.22. The SMILES string of the molecule is CCOn1c(=O)c(-c2c(F)cccc2Cl)cc2cnc(Nc3ccc(N4CCN(C)CC4)cc3)nc21. The van der Waals surface area contributed by atoms with Crippen LogP contribution in [0.15, 0.2) is 59.5 Å². The van der Waals surface area contributed by atoms with Crippen LogP contribution in [0.4, 0.5) is 21.7 Å². The molecule has 4 aromatic rings. The van der Waals surface area contributed by atoms with E-state index in [0.29, 0.717) is 11.3 Å².